The molecular formula is C24H30N2O2. The summed E-state index contributed by atoms with van der Waals surface area (Å²) >= 11 is 0. The van der Waals surface area contributed by atoms with Crippen molar-refractivity contribution < 1.29 is 9.59 Å². The molecule has 0 aromatic heterocycles. The zero-order valence-corrected chi connectivity index (χ0v) is 16.9. The third kappa shape index (κ3) is 4.68. The van der Waals surface area contributed by atoms with Crippen LogP contribution in [0.4, 0.5) is 0 Å². The molecule has 1 amide bonds. The van der Waals surface area contributed by atoms with Gasteiger partial charge in [-0.05, 0) is 56.0 Å². The predicted octanol–water partition coefficient (Wildman–Crippen LogP) is 4.25. The Morgan fingerprint density at radius 2 is 1.89 bits per heavy atom. The van der Waals surface area contributed by atoms with Crippen molar-refractivity contribution in [3.8, 4) is 11.1 Å². The number of hydrogen-bond acceptors (Lipinski definition) is 3. The first-order chi connectivity index (χ1) is 13.7. The van der Waals surface area contributed by atoms with Crippen molar-refractivity contribution in [3.63, 3.8) is 0 Å². The van der Waals surface area contributed by atoms with Gasteiger partial charge >= 0.3 is 0 Å². The Kier molecular flexibility index (Phi) is 6.99. The fraction of sp³-hybridized carbons (Fsp3) is 0.417. The summed E-state index contributed by atoms with van der Waals surface area (Å²) in [7, 11) is 0. The summed E-state index contributed by atoms with van der Waals surface area (Å²) in [5.74, 6) is 0.350. The maximum atomic E-state index is 12.8. The van der Waals surface area contributed by atoms with Crippen molar-refractivity contribution in [1.82, 2.24) is 9.80 Å². The lowest BCUT2D eigenvalue weighted by molar-refractivity contribution is -0.137. The first-order valence-electron chi connectivity index (χ1n) is 10.3. The van der Waals surface area contributed by atoms with Gasteiger partial charge in [0.1, 0.15) is 6.29 Å². The fourth-order valence-corrected chi connectivity index (χ4v) is 4.15. The number of nitrogens with zero attached hydrogens (tertiary/aromatic N) is 2. The molecule has 0 spiro atoms. The second kappa shape index (κ2) is 9.65. The largest absolute Gasteiger partial charge is 0.343 e. The molecule has 4 heteroatoms. The van der Waals surface area contributed by atoms with Gasteiger partial charge in [-0.25, -0.2) is 0 Å². The summed E-state index contributed by atoms with van der Waals surface area (Å²) < 4.78 is 0. The molecule has 1 aliphatic heterocycles. The highest BCUT2D eigenvalue weighted by Crippen LogP contribution is 2.28. The number of aldehydes is 1. The van der Waals surface area contributed by atoms with Gasteiger partial charge in [-0.1, -0.05) is 42.5 Å². The van der Waals surface area contributed by atoms with Crippen molar-refractivity contribution in [1.29, 1.82) is 0 Å². The van der Waals surface area contributed by atoms with Gasteiger partial charge in [0.15, 0.2) is 0 Å². The number of likely N-dealkylation sites (tertiary alicyclic amines) is 1. The zero-order valence-electron chi connectivity index (χ0n) is 16.9. The highest BCUT2D eigenvalue weighted by Gasteiger charge is 2.28. The molecule has 0 N–H and O–H groups in total. The Balaban J connectivity index is 1.80. The summed E-state index contributed by atoms with van der Waals surface area (Å²) in [4.78, 5) is 28.4. The summed E-state index contributed by atoms with van der Waals surface area (Å²) in [5, 5.41) is 0. The third-order valence-corrected chi connectivity index (χ3v) is 5.67. The Hall–Kier alpha value is -2.46. The highest BCUT2D eigenvalue weighted by atomic mass is 16.2. The smallest absolute Gasteiger partial charge is 0.226 e. The molecule has 3 rings (SSSR count). The molecule has 0 bridgehead atoms. The van der Waals surface area contributed by atoms with Gasteiger partial charge in [-0.2, -0.15) is 0 Å². The summed E-state index contributed by atoms with van der Waals surface area (Å²) in [6, 6.07) is 16.2. The van der Waals surface area contributed by atoms with Crippen molar-refractivity contribution in [3.05, 3.63) is 59.7 Å². The van der Waals surface area contributed by atoms with E-state index in [1.165, 1.54) is 0 Å². The molecule has 1 heterocycles. The van der Waals surface area contributed by atoms with Gasteiger partial charge in [0.05, 0.1) is 5.92 Å². The van der Waals surface area contributed by atoms with Gasteiger partial charge in [0.25, 0.3) is 0 Å². The number of piperidine rings is 1. The number of rotatable bonds is 7. The van der Waals surface area contributed by atoms with E-state index < -0.39 is 0 Å². The van der Waals surface area contributed by atoms with Gasteiger partial charge in [0.2, 0.25) is 5.91 Å². The van der Waals surface area contributed by atoms with Crippen LogP contribution in [0.15, 0.2) is 48.5 Å². The minimum Gasteiger partial charge on any atom is -0.343 e. The van der Waals surface area contributed by atoms with Crippen LogP contribution in [0.2, 0.25) is 0 Å². The molecule has 4 nitrogen and oxygen atoms in total. The minimum absolute atomic E-state index is 0.0723. The molecule has 1 aliphatic rings. The quantitative estimate of drug-likeness (QED) is 0.677. The molecule has 28 heavy (non-hydrogen) atoms. The van der Waals surface area contributed by atoms with Gasteiger partial charge in [-0.3, -0.25) is 14.5 Å². The lowest BCUT2D eigenvalue weighted by Gasteiger charge is -2.35. The van der Waals surface area contributed by atoms with Crippen LogP contribution < -0.4 is 0 Å². The van der Waals surface area contributed by atoms with Crippen molar-refractivity contribution in [2.45, 2.75) is 33.2 Å². The topological polar surface area (TPSA) is 40.6 Å². The Bertz CT molecular complexity index is 800. The van der Waals surface area contributed by atoms with Crippen LogP contribution in [0.1, 0.15) is 42.6 Å². The Labute approximate surface area is 168 Å². The normalized spacial score (nSPS) is 17.3. The predicted molar refractivity (Wildman–Crippen MR) is 113 cm³/mol. The van der Waals surface area contributed by atoms with Crippen LogP contribution in [0.5, 0.6) is 0 Å². The van der Waals surface area contributed by atoms with E-state index in [0.29, 0.717) is 5.56 Å². The van der Waals surface area contributed by atoms with Crippen LogP contribution in [-0.4, -0.2) is 48.2 Å². The molecular weight excluding hydrogens is 348 g/mol. The minimum atomic E-state index is 0.0723. The molecule has 1 fully saturated rings. The van der Waals surface area contributed by atoms with Crippen LogP contribution in [0.3, 0.4) is 0 Å². The molecule has 0 saturated carbocycles. The molecule has 0 aliphatic carbocycles. The first-order valence-corrected chi connectivity index (χ1v) is 10.3. The molecule has 148 valence electrons. The van der Waals surface area contributed by atoms with Crippen LogP contribution in [-0.2, 0) is 11.3 Å². The van der Waals surface area contributed by atoms with Crippen LogP contribution in [0, 0.1) is 5.92 Å². The van der Waals surface area contributed by atoms with E-state index in [-0.39, 0.29) is 11.8 Å². The monoisotopic (exact) mass is 378 g/mol. The zero-order chi connectivity index (χ0) is 19.9. The molecule has 2 aromatic carbocycles. The number of hydrogen-bond donors (Lipinski definition) is 0. The summed E-state index contributed by atoms with van der Waals surface area (Å²) in [5.41, 5.74) is 4.15. The van der Waals surface area contributed by atoms with Crippen molar-refractivity contribution in [2.24, 2.45) is 5.92 Å². The maximum Gasteiger partial charge on any atom is 0.226 e. The SMILES string of the molecule is CCN(CC)C(=O)C1CCCN(Cc2cc(C=O)ccc2-c2ccccc2)C1. The second-order valence-corrected chi connectivity index (χ2v) is 7.49. The summed E-state index contributed by atoms with van der Waals surface area (Å²) in [6.07, 6.45) is 2.90. The van der Waals surface area contributed by atoms with E-state index >= 15 is 0 Å². The Morgan fingerprint density at radius 1 is 1.14 bits per heavy atom. The van der Waals surface area contributed by atoms with Crippen molar-refractivity contribution in [2.75, 3.05) is 26.2 Å². The van der Waals surface area contributed by atoms with E-state index in [1.807, 2.05) is 55.1 Å². The third-order valence-electron chi connectivity index (χ3n) is 5.67. The van der Waals surface area contributed by atoms with Crippen LogP contribution in [0.25, 0.3) is 11.1 Å². The number of amides is 1. The van der Waals surface area contributed by atoms with E-state index in [1.54, 1.807) is 0 Å². The lowest BCUT2D eigenvalue weighted by atomic mass is 9.94. The number of carbonyl (C=O) groups is 2. The molecule has 0 radical (unpaired) electrons. The maximum absolute atomic E-state index is 12.8. The second-order valence-electron chi connectivity index (χ2n) is 7.49. The number of benzene rings is 2. The van der Waals surface area contributed by atoms with Gasteiger partial charge in [-0.15, -0.1) is 0 Å². The average molecular weight is 379 g/mol. The van der Waals surface area contributed by atoms with Crippen molar-refractivity contribution >= 4 is 12.2 Å². The van der Waals surface area contributed by atoms with Gasteiger partial charge in [0, 0.05) is 31.7 Å². The molecule has 1 atom stereocenters. The van der Waals surface area contributed by atoms with Gasteiger partial charge < -0.3 is 4.90 Å². The van der Waals surface area contributed by atoms with Crippen LogP contribution >= 0.6 is 0 Å². The lowest BCUT2D eigenvalue weighted by Crippen LogP contribution is -2.44. The molecule has 1 unspecified atom stereocenters. The fourth-order valence-electron chi connectivity index (χ4n) is 4.15. The van der Waals surface area contributed by atoms with E-state index in [9.17, 15) is 9.59 Å². The van der Waals surface area contributed by atoms with E-state index in [4.69, 9.17) is 0 Å². The molecule has 2 aromatic rings. The Morgan fingerprint density at radius 3 is 2.57 bits per heavy atom. The molecule has 1 saturated heterocycles. The summed E-state index contributed by atoms with van der Waals surface area (Å²) in [6.45, 7) is 8.15. The first kappa shape index (κ1) is 20.3. The van der Waals surface area contributed by atoms with E-state index in [0.717, 1.165) is 68.5 Å². The standard InChI is InChI=1S/C24H30N2O2/c1-3-26(4-2)24(28)21-11-8-14-25(16-21)17-22-15-19(18-27)12-13-23(22)20-9-6-5-7-10-20/h5-7,9-10,12-13,15,18,21H,3-4,8,11,14,16-17H2,1-2H3. The average Bonchev–Trinajstić information content (AvgIpc) is 2.75. The number of carbonyl (C=O) groups excluding carboxylic acids is 2. The highest BCUT2D eigenvalue weighted by molar-refractivity contribution is 5.79. The van der Waals surface area contributed by atoms with E-state index in [2.05, 4.69) is 17.0 Å².